The molecule has 1 saturated carbocycles. The van der Waals surface area contributed by atoms with Gasteiger partial charge in [0.15, 0.2) is 0 Å². The van der Waals surface area contributed by atoms with Crippen LogP contribution in [0.4, 0.5) is 17.2 Å². The number of rotatable bonds is 9. The van der Waals surface area contributed by atoms with E-state index in [2.05, 4.69) is 15.3 Å². The molecular formula is C27H33N7O3S. The monoisotopic (exact) mass is 535 g/mol. The Labute approximate surface area is 225 Å². The zero-order valence-electron chi connectivity index (χ0n) is 21.9. The molecule has 2 heterocycles. The Balaban J connectivity index is 1.39. The maximum Gasteiger partial charge on any atom is 0.226 e. The van der Waals surface area contributed by atoms with Gasteiger partial charge >= 0.3 is 0 Å². The molecule has 2 amide bonds. The third-order valence-corrected chi connectivity index (χ3v) is 8.51. The summed E-state index contributed by atoms with van der Waals surface area (Å²) in [4.78, 5) is 40.4. The van der Waals surface area contributed by atoms with Crippen molar-refractivity contribution < 1.29 is 14.3 Å². The lowest BCUT2D eigenvalue weighted by Gasteiger charge is -2.30. The first-order valence-electron chi connectivity index (χ1n) is 12.8. The van der Waals surface area contributed by atoms with Crippen molar-refractivity contribution in [3.05, 3.63) is 34.5 Å². The SMILES string of the molecule is COc1cc(N)c(C=N)cc1Nc1ncnc2sc3c(c12)CCC(C(=O)N(CCC(=O)N(C)C)C1CC1)C3. The van der Waals surface area contributed by atoms with Crippen molar-refractivity contribution in [3.8, 4) is 5.75 Å². The van der Waals surface area contributed by atoms with Crippen LogP contribution in [0.5, 0.6) is 5.75 Å². The number of aromatic nitrogens is 2. The second kappa shape index (κ2) is 10.6. The molecule has 38 heavy (non-hydrogen) atoms. The molecule has 0 aliphatic heterocycles. The Hall–Kier alpha value is -3.73. The summed E-state index contributed by atoms with van der Waals surface area (Å²) in [6, 6.07) is 3.73. The van der Waals surface area contributed by atoms with Gasteiger partial charge in [0.05, 0.1) is 18.2 Å². The van der Waals surface area contributed by atoms with E-state index in [1.54, 1.807) is 49.6 Å². The number of amides is 2. The summed E-state index contributed by atoms with van der Waals surface area (Å²) >= 11 is 1.61. The van der Waals surface area contributed by atoms with Gasteiger partial charge in [0.1, 0.15) is 22.7 Å². The minimum Gasteiger partial charge on any atom is -0.494 e. The number of aryl methyl sites for hydroxylation is 1. The van der Waals surface area contributed by atoms with E-state index in [9.17, 15) is 9.59 Å². The topological polar surface area (TPSA) is 138 Å². The summed E-state index contributed by atoms with van der Waals surface area (Å²) in [6.45, 7) is 0.483. The third-order valence-electron chi connectivity index (χ3n) is 7.34. The van der Waals surface area contributed by atoms with E-state index in [1.165, 1.54) is 18.1 Å². The van der Waals surface area contributed by atoms with Crippen molar-refractivity contribution in [1.29, 1.82) is 5.41 Å². The van der Waals surface area contributed by atoms with Crippen molar-refractivity contribution in [2.45, 2.75) is 44.6 Å². The van der Waals surface area contributed by atoms with Gasteiger partial charge in [-0.25, -0.2) is 9.97 Å². The number of fused-ring (bicyclic) bond motifs is 3. The van der Waals surface area contributed by atoms with Crippen LogP contribution in [-0.4, -0.2) is 71.6 Å². The zero-order chi connectivity index (χ0) is 27.0. The molecular weight excluding hydrogens is 502 g/mol. The average molecular weight is 536 g/mol. The van der Waals surface area contributed by atoms with Gasteiger partial charge in [-0.2, -0.15) is 0 Å². The number of thiophene rings is 1. The van der Waals surface area contributed by atoms with E-state index in [4.69, 9.17) is 15.9 Å². The number of nitrogens with one attached hydrogen (secondary N) is 2. The fraction of sp³-hybridized carbons (Fsp3) is 0.444. The van der Waals surface area contributed by atoms with Crippen LogP contribution in [0.3, 0.4) is 0 Å². The molecule has 2 aliphatic rings. The molecule has 1 fully saturated rings. The molecule has 1 unspecified atom stereocenters. The number of carbonyl (C=O) groups excluding carboxylic acids is 2. The van der Waals surface area contributed by atoms with Crippen LogP contribution in [0.15, 0.2) is 18.5 Å². The van der Waals surface area contributed by atoms with Crippen LogP contribution < -0.4 is 15.8 Å². The van der Waals surface area contributed by atoms with Gasteiger partial charge in [0, 0.05) is 67.4 Å². The van der Waals surface area contributed by atoms with Gasteiger partial charge in [0.25, 0.3) is 0 Å². The summed E-state index contributed by atoms with van der Waals surface area (Å²) in [5, 5.41) is 12.0. The number of nitrogen functional groups attached to an aromatic ring is 1. The zero-order valence-corrected chi connectivity index (χ0v) is 22.7. The molecule has 2 aliphatic carbocycles. The molecule has 0 saturated heterocycles. The highest BCUT2D eigenvalue weighted by Gasteiger charge is 2.38. The highest BCUT2D eigenvalue weighted by atomic mass is 32.1. The van der Waals surface area contributed by atoms with E-state index in [0.29, 0.717) is 47.9 Å². The first kappa shape index (κ1) is 25.9. The van der Waals surface area contributed by atoms with Gasteiger partial charge < -0.3 is 31.0 Å². The third kappa shape index (κ3) is 5.02. The molecule has 0 bridgehead atoms. The maximum atomic E-state index is 13.6. The standard InChI is InChI=1S/C27H33N7O3S/c1-33(2)23(35)8-9-34(17-5-6-17)27(36)15-4-7-18-22(11-15)38-26-24(18)25(30-14-31-26)32-20-10-16(13-28)19(29)12-21(20)37-3/h10,12-15,17,28H,4-9,11,29H2,1-3H3,(H,30,31,32). The van der Waals surface area contributed by atoms with Crippen LogP contribution in [0, 0.1) is 11.3 Å². The number of nitrogens with two attached hydrogens (primary N) is 1. The van der Waals surface area contributed by atoms with Gasteiger partial charge in [-0.3, -0.25) is 9.59 Å². The lowest BCUT2D eigenvalue weighted by molar-refractivity contribution is -0.137. The fourth-order valence-corrected chi connectivity index (χ4v) is 6.35. The van der Waals surface area contributed by atoms with E-state index < -0.39 is 0 Å². The van der Waals surface area contributed by atoms with Crippen molar-refractivity contribution >= 4 is 56.8 Å². The molecule has 0 radical (unpaired) electrons. The Morgan fingerprint density at radius 1 is 1.26 bits per heavy atom. The lowest BCUT2D eigenvalue weighted by Crippen LogP contribution is -2.41. The normalized spacial score (nSPS) is 16.6. The molecule has 200 valence electrons. The highest BCUT2D eigenvalue weighted by Crippen LogP contribution is 2.42. The average Bonchev–Trinajstić information content (AvgIpc) is 3.68. The van der Waals surface area contributed by atoms with Gasteiger partial charge in [-0.1, -0.05) is 0 Å². The number of hydrogen-bond donors (Lipinski definition) is 3. The second-order valence-corrected chi connectivity index (χ2v) is 11.2. The summed E-state index contributed by atoms with van der Waals surface area (Å²) < 4.78 is 5.51. The largest absolute Gasteiger partial charge is 0.494 e. The van der Waals surface area contributed by atoms with E-state index in [-0.39, 0.29) is 23.8 Å². The molecule has 1 aromatic carbocycles. The Bertz CT molecular complexity index is 1400. The van der Waals surface area contributed by atoms with Crippen LogP contribution in [0.2, 0.25) is 0 Å². The number of methoxy groups -OCH3 is 1. The molecule has 11 heteroatoms. The maximum absolute atomic E-state index is 13.6. The lowest BCUT2D eigenvalue weighted by atomic mass is 9.86. The van der Waals surface area contributed by atoms with Gasteiger partial charge in [-0.05, 0) is 43.7 Å². The number of nitrogens with zero attached hydrogens (tertiary/aromatic N) is 4. The van der Waals surface area contributed by atoms with Gasteiger partial charge in [0.2, 0.25) is 11.8 Å². The smallest absolute Gasteiger partial charge is 0.226 e. The molecule has 3 aromatic rings. The van der Waals surface area contributed by atoms with E-state index >= 15 is 0 Å². The second-order valence-electron chi connectivity index (χ2n) is 10.1. The number of anilines is 3. The number of carbonyl (C=O) groups is 2. The molecule has 0 spiro atoms. The van der Waals surface area contributed by atoms with Crippen LogP contribution in [0.1, 0.15) is 41.7 Å². The Kier molecular flexibility index (Phi) is 7.20. The van der Waals surface area contributed by atoms with E-state index in [1.807, 2.05) is 4.90 Å². The highest BCUT2D eigenvalue weighted by molar-refractivity contribution is 7.19. The summed E-state index contributed by atoms with van der Waals surface area (Å²) in [6.07, 6.45) is 7.31. The molecule has 5 rings (SSSR count). The Morgan fingerprint density at radius 2 is 2.05 bits per heavy atom. The Morgan fingerprint density at radius 3 is 2.74 bits per heavy atom. The number of benzene rings is 1. The minimum absolute atomic E-state index is 0.0444. The number of ether oxygens (including phenoxy) is 1. The first-order chi connectivity index (χ1) is 18.3. The van der Waals surface area contributed by atoms with E-state index in [0.717, 1.165) is 40.8 Å². The number of hydrogen-bond acceptors (Lipinski definition) is 9. The minimum atomic E-state index is -0.0951. The van der Waals surface area contributed by atoms with Crippen molar-refractivity contribution in [2.24, 2.45) is 5.92 Å². The van der Waals surface area contributed by atoms with Crippen molar-refractivity contribution in [2.75, 3.05) is 38.8 Å². The molecule has 2 aromatic heterocycles. The predicted molar refractivity (Wildman–Crippen MR) is 150 cm³/mol. The first-order valence-corrected chi connectivity index (χ1v) is 13.6. The van der Waals surface area contributed by atoms with Crippen LogP contribution >= 0.6 is 11.3 Å². The van der Waals surface area contributed by atoms with Crippen molar-refractivity contribution in [3.63, 3.8) is 0 Å². The molecule has 10 nitrogen and oxygen atoms in total. The molecule has 4 N–H and O–H groups in total. The van der Waals surface area contributed by atoms with Crippen molar-refractivity contribution in [1.82, 2.24) is 19.8 Å². The van der Waals surface area contributed by atoms with Gasteiger partial charge in [-0.15, -0.1) is 11.3 Å². The predicted octanol–water partition coefficient (Wildman–Crippen LogP) is 3.60. The summed E-state index contributed by atoms with van der Waals surface area (Å²) in [5.74, 6) is 1.34. The quantitative estimate of drug-likeness (QED) is 0.281. The summed E-state index contributed by atoms with van der Waals surface area (Å²) in [5.41, 5.74) is 8.92. The summed E-state index contributed by atoms with van der Waals surface area (Å²) in [7, 11) is 5.07. The van der Waals surface area contributed by atoms with Crippen LogP contribution in [0.25, 0.3) is 10.2 Å². The van der Waals surface area contributed by atoms with Crippen LogP contribution in [-0.2, 0) is 22.4 Å². The molecule has 1 atom stereocenters. The fourth-order valence-electron chi connectivity index (χ4n) is 5.08.